The molecule has 0 spiro atoms. The monoisotopic (exact) mass is 345 g/mol. The van der Waals surface area contributed by atoms with Crippen LogP contribution in [-0.4, -0.2) is 27.7 Å². The van der Waals surface area contributed by atoms with Gasteiger partial charge in [0.25, 0.3) is 5.91 Å². The molecule has 1 fully saturated rings. The van der Waals surface area contributed by atoms with E-state index in [-0.39, 0.29) is 28.9 Å². The highest BCUT2D eigenvalue weighted by atomic mass is 19.1. The van der Waals surface area contributed by atoms with Crippen LogP contribution in [-0.2, 0) is 9.59 Å². The van der Waals surface area contributed by atoms with E-state index in [1.807, 2.05) is 0 Å². The van der Waals surface area contributed by atoms with Crippen molar-refractivity contribution < 1.29 is 19.1 Å². The average molecular weight is 345 g/mol. The van der Waals surface area contributed by atoms with Gasteiger partial charge in [-0.1, -0.05) is 51.3 Å². The SMILES string of the molecule is CC(C)C(=O)C1=C(O)C(=O)N(C2CCCCC2)C1c1ccccc1F. The summed E-state index contributed by atoms with van der Waals surface area (Å²) < 4.78 is 14.5. The summed E-state index contributed by atoms with van der Waals surface area (Å²) in [5, 5.41) is 10.4. The zero-order chi connectivity index (χ0) is 18.1. The van der Waals surface area contributed by atoms with Crippen molar-refractivity contribution in [2.45, 2.75) is 58.0 Å². The molecule has 1 aromatic carbocycles. The number of Topliss-reactive ketones (excluding diaryl/α,β-unsaturated/α-hetero) is 1. The van der Waals surface area contributed by atoms with Gasteiger partial charge in [-0.3, -0.25) is 9.59 Å². The second-order valence-corrected chi connectivity index (χ2v) is 7.21. The predicted molar refractivity (Wildman–Crippen MR) is 92.4 cm³/mol. The number of carbonyl (C=O) groups excluding carboxylic acids is 2. The Morgan fingerprint density at radius 1 is 1.20 bits per heavy atom. The van der Waals surface area contributed by atoms with Crippen molar-refractivity contribution in [3.63, 3.8) is 0 Å². The molecule has 0 aromatic heterocycles. The van der Waals surface area contributed by atoms with Gasteiger partial charge in [-0.25, -0.2) is 4.39 Å². The Balaban J connectivity index is 2.11. The Morgan fingerprint density at radius 3 is 2.44 bits per heavy atom. The van der Waals surface area contributed by atoms with Crippen LogP contribution in [0.5, 0.6) is 0 Å². The number of rotatable bonds is 4. The van der Waals surface area contributed by atoms with Crippen LogP contribution in [0.15, 0.2) is 35.6 Å². The lowest BCUT2D eigenvalue weighted by Crippen LogP contribution is -2.41. The molecular formula is C20H24FNO3. The van der Waals surface area contributed by atoms with Gasteiger partial charge in [0.05, 0.1) is 11.6 Å². The van der Waals surface area contributed by atoms with Crippen LogP contribution in [0, 0.1) is 11.7 Å². The third kappa shape index (κ3) is 3.08. The molecule has 0 radical (unpaired) electrons. The fourth-order valence-corrected chi connectivity index (χ4v) is 3.92. The van der Waals surface area contributed by atoms with Gasteiger partial charge in [0, 0.05) is 17.5 Å². The summed E-state index contributed by atoms with van der Waals surface area (Å²) in [5.41, 5.74) is 0.310. The van der Waals surface area contributed by atoms with E-state index >= 15 is 0 Å². The second kappa shape index (κ2) is 6.98. The van der Waals surface area contributed by atoms with Crippen molar-refractivity contribution in [3.05, 3.63) is 47.0 Å². The molecule has 1 heterocycles. The number of carbonyl (C=O) groups is 2. The number of aliphatic hydroxyl groups is 1. The van der Waals surface area contributed by atoms with E-state index < -0.39 is 23.5 Å². The van der Waals surface area contributed by atoms with Crippen molar-refractivity contribution >= 4 is 11.7 Å². The average Bonchev–Trinajstić information content (AvgIpc) is 2.86. The van der Waals surface area contributed by atoms with E-state index in [4.69, 9.17) is 0 Å². The fourth-order valence-electron chi connectivity index (χ4n) is 3.92. The van der Waals surface area contributed by atoms with Crippen LogP contribution in [0.3, 0.4) is 0 Å². The molecule has 1 N–H and O–H groups in total. The van der Waals surface area contributed by atoms with Gasteiger partial charge < -0.3 is 10.0 Å². The summed E-state index contributed by atoms with van der Waals surface area (Å²) in [4.78, 5) is 27.0. The first-order valence-electron chi connectivity index (χ1n) is 8.98. The Morgan fingerprint density at radius 2 is 1.84 bits per heavy atom. The van der Waals surface area contributed by atoms with Crippen LogP contribution < -0.4 is 0 Å². The largest absolute Gasteiger partial charge is 0.503 e. The predicted octanol–water partition coefficient (Wildman–Crippen LogP) is 4.08. The zero-order valence-electron chi connectivity index (χ0n) is 14.7. The number of halogens is 1. The summed E-state index contributed by atoms with van der Waals surface area (Å²) >= 11 is 0. The first kappa shape index (κ1) is 17.6. The van der Waals surface area contributed by atoms with Crippen LogP contribution in [0.25, 0.3) is 0 Å². The molecule has 0 bridgehead atoms. The van der Waals surface area contributed by atoms with Crippen LogP contribution >= 0.6 is 0 Å². The van der Waals surface area contributed by atoms with Crippen molar-refractivity contribution in [2.24, 2.45) is 5.92 Å². The quantitative estimate of drug-likeness (QED) is 0.894. The molecule has 3 rings (SSSR count). The molecule has 134 valence electrons. The minimum atomic E-state index is -0.841. The molecule has 0 saturated heterocycles. The van der Waals surface area contributed by atoms with E-state index in [9.17, 15) is 19.1 Å². The maximum atomic E-state index is 14.5. The molecule has 25 heavy (non-hydrogen) atoms. The highest BCUT2D eigenvalue weighted by Gasteiger charge is 2.47. The van der Waals surface area contributed by atoms with Gasteiger partial charge in [-0.15, -0.1) is 0 Å². The van der Waals surface area contributed by atoms with Gasteiger partial charge in [0.15, 0.2) is 11.5 Å². The Hall–Kier alpha value is -2.17. The Kier molecular flexibility index (Phi) is 4.93. The number of benzene rings is 1. The minimum absolute atomic E-state index is 0.0377. The summed E-state index contributed by atoms with van der Waals surface area (Å²) in [6, 6.07) is 5.27. The number of ketones is 1. The second-order valence-electron chi connectivity index (χ2n) is 7.21. The maximum Gasteiger partial charge on any atom is 0.290 e. The first-order valence-corrected chi connectivity index (χ1v) is 8.98. The molecule has 1 aromatic rings. The molecule has 5 heteroatoms. The molecule has 2 aliphatic rings. The fraction of sp³-hybridized carbons (Fsp3) is 0.500. The van der Waals surface area contributed by atoms with Crippen molar-refractivity contribution in [3.8, 4) is 0 Å². The van der Waals surface area contributed by atoms with E-state index in [1.165, 1.54) is 6.07 Å². The summed E-state index contributed by atoms with van der Waals surface area (Å²) in [6.45, 7) is 3.43. The molecular weight excluding hydrogens is 321 g/mol. The zero-order valence-corrected chi connectivity index (χ0v) is 14.7. The lowest BCUT2D eigenvalue weighted by Gasteiger charge is -2.36. The third-order valence-electron chi connectivity index (χ3n) is 5.20. The molecule has 4 nitrogen and oxygen atoms in total. The van der Waals surface area contributed by atoms with Gasteiger partial charge in [-0.05, 0) is 18.9 Å². The molecule has 1 saturated carbocycles. The topological polar surface area (TPSA) is 57.6 Å². The van der Waals surface area contributed by atoms with E-state index in [0.29, 0.717) is 0 Å². The third-order valence-corrected chi connectivity index (χ3v) is 5.20. The number of nitrogens with zero attached hydrogens (tertiary/aromatic N) is 1. The maximum absolute atomic E-state index is 14.5. The van der Waals surface area contributed by atoms with Gasteiger partial charge in [-0.2, -0.15) is 0 Å². The minimum Gasteiger partial charge on any atom is -0.503 e. The highest BCUT2D eigenvalue weighted by Crippen LogP contribution is 2.43. The van der Waals surface area contributed by atoms with Gasteiger partial charge >= 0.3 is 0 Å². The highest BCUT2D eigenvalue weighted by molar-refractivity contribution is 6.09. The number of aliphatic hydroxyl groups excluding tert-OH is 1. The molecule has 1 aliphatic carbocycles. The van der Waals surface area contributed by atoms with Crippen LogP contribution in [0.1, 0.15) is 57.6 Å². The summed E-state index contributed by atoms with van der Waals surface area (Å²) in [5.74, 6) is -2.23. The van der Waals surface area contributed by atoms with Gasteiger partial charge in [0.1, 0.15) is 5.82 Å². The number of amides is 1. The van der Waals surface area contributed by atoms with Gasteiger partial charge in [0.2, 0.25) is 0 Å². The molecule has 1 atom stereocenters. The van der Waals surface area contributed by atoms with Crippen LogP contribution in [0.4, 0.5) is 4.39 Å². The Bertz CT molecular complexity index is 719. The summed E-state index contributed by atoms with van der Waals surface area (Å²) in [7, 11) is 0. The molecule has 1 amide bonds. The van der Waals surface area contributed by atoms with Crippen molar-refractivity contribution in [1.82, 2.24) is 4.90 Å². The number of hydrogen-bond donors (Lipinski definition) is 1. The molecule has 1 unspecified atom stereocenters. The Labute approximate surface area is 147 Å². The lowest BCUT2D eigenvalue weighted by atomic mass is 9.88. The van der Waals surface area contributed by atoms with Crippen molar-refractivity contribution in [2.75, 3.05) is 0 Å². The van der Waals surface area contributed by atoms with E-state index in [1.54, 1.807) is 36.9 Å². The normalized spacial score (nSPS) is 22.2. The smallest absolute Gasteiger partial charge is 0.290 e. The van der Waals surface area contributed by atoms with Crippen molar-refractivity contribution in [1.29, 1.82) is 0 Å². The lowest BCUT2D eigenvalue weighted by molar-refractivity contribution is -0.132. The number of hydrogen-bond acceptors (Lipinski definition) is 3. The van der Waals surface area contributed by atoms with E-state index in [2.05, 4.69) is 0 Å². The standard InChI is InChI=1S/C20H24FNO3/c1-12(2)18(23)16-17(14-10-6-7-11-15(14)21)22(20(25)19(16)24)13-8-4-3-5-9-13/h6-7,10-13,17,24H,3-5,8-9H2,1-2H3. The molecule has 1 aliphatic heterocycles. The first-order chi connectivity index (χ1) is 11.9. The summed E-state index contributed by atoms with van der Waals surface area (Å²) in [6.07, 6.45) is 4.72. The van der Waals surface area contributed by atoms with E-state index in [0.717, 1.165) is 32.1 Å². The van der Waals surface area contributed by atoms with Crippen LogP contribution in [0.2, 0.25) is 0 Å².